The second-order valence-electron chi connectivity index (χ2n) is 4.34. The van der Waals surface area contributed by atoms with Crippen LogP contribution in [0.5, 0.6) is 0 Å². The first-order valence-corrected chi connectivity index (χ1v) is 6.20. The number of aromatic nitrogens is 1. The molecule has 0 aliphatic heterocycles. The Morgan fingerprint density at radius 3 is 2.50 bits per heavy atom. The number of anilines is 1. The molecule has 3 aromatic rings. The van der Waals surface area contributed by atoms with Crippen LogP contribution in [0.3, 0.4) is 0 Å². The Morgan fingerprint density at radius 2 is 1.72 bits per heavy atom. The van der Waals surface area contributed by atoms with Crippen LogP contribution in [0.15, 0.2) is 54.6 Å². The molecule has 18 heavy (non-hydrogen) atoms. The highest BCUT2D eigenvalue weighted by Gasteiger charge is 2.05. The standard InChI is InChI=1S/C15H13ClN2/c16-13-7-5-11(6-8-13)10-18-14-4-2-1-3-12(14)9-15(18)17/h1-9H,10,17H2. The Hall–Kier alpha value is -1.93. The van der Waals surface area contributed by atoms with Crippen molar-refractivity contribution in [1.29, 1.82) is 0 Å². The normalized spacial score (nSPS) is 10.9. The molecule has 0 fully saturated rings. The molecule has 0 bridgehead atoms. The number of halogens is 1. The summed E-state index contributed by atoms with van der Waals surface area (Å²) in [6.45, 7) is 0.760. The maximum atomic E-state index is 6.07. The lowest BCUT2D eigenvalue weighted by atomic mass is 10.2. The third kappa shape index (κ3) is 1.95. The Bertz CT molecular complexity index is 683. The van der Waals surface area contributed by atoms with Crippen molar-refractivity contribution in [3.63, 3.8) is 0 Å². The van der Waals surface area contributed by atoms with E-state index in [0.29, 0.717) is 0 Å². The van der Waals surface area contributed by atoms with Crippen molar-refractivity contribution < 1.29 is 0 Å². The van der Waals surface area contributed by atoms with Gasteiger partial charge in [-0.1, -0.05) is 41.9 Å². The van der Waals surface area contributed by atoms with Gasteiger partial charge in [-0.25, -0.2) is 0 Å². The molecule has 0 spiro atoms. The number of para-hydroxylation sites is 1. The quantitative estimate of drug-likeness (QED) is 0.740. The Kier molecular flexibility index (Phi) is 2.73. The molecule has 90 valence electrons. The maximum absolute atomic E-state index is 6.07. The molecule has 1 aromatic heterocycles. The summed E-state index contributed by atoms with van der Waals surface area (Å²) in [7, 11) is 0. The van der Waals surface area contributed by atoms with Gasteiger partial charge in [-0.2, -0.15) is 0 Å². The largest absolute Gasteiger partial charge is 0.385 e. The molecule has 0 aliphatic carbocycles. The molecule has 3 heteroatoms. The molecule has 0 atom stereocenters. The fourth-order valence-electron chi connectivity index (χ4n) is 2.18. The zero-order valence-electron chi connectivity index (χ0n) is 9.81. The van der Waals surface area contributed by atoms with Crippen LogP contribution in [0.4, 0.5) is 5.82 Å². The van der Waals surface area contributed by atoms with Crippen molar-refractivity contribution in [2.75, 3.05) is 5.73 Å². The van der Waals surface area contributed by atoms with E-state index < -0.39 is 0 Å². The second-order valence-corrected chi connectivity index (χ2v) is 4.78. The number of benzene rings is 2. The third-order valence-electron chi connectivity index (χ3n) is 3.10. The number of fused-ring (bicyclic) bond motifs is 1. The summed E-state index contributed by atoms with van der Waals surface area (Å²) in [4.78, 5) is 0. The minimum Gasteiger partial charge on any atom is -0.385 e. The van der Waals surface area contributed by atoms with Gasteiger partial charge in [-0.3, -0.25) is 0 Å². The zero-order chi connectivity index (χ0) is 12.5. The van der Waals surface area contributed by atoms with Gasteiger partial charge in [0.2, 0.25) is 0 Å². The predicted molar refractivity (Wildman–Crippen MR) is 76.9 cm³/mol. The van der Waals surface area contributed by atoms with E-state index in [9.17, 15) is 0 Å². The van der Waals surface area contributed by atoms with Crippen molar-refractivity contribution in [3.05, 3.63) is 65.2 Å². The van der Waals surface area contributed by atoms with E-state index in [4.69, 9.17) is 17.3 Å². The lowest BCUT2D eigenvalue weighted by molar-refractivity contribution is 0.848. The van der Waals surface area contributed by atoms with Crippen molar-refractivity contribution in [3.8, 4) is 0 Å². The van der Waals surface area contributed by atoms with Gasteiger partial charge >= 0.3 is 0 Å². The van der Waals surface area contributed by atoms with Crippen LogP contribution in [-0.2, 0) is 6.54 Å². The average molecular weight is 257 g/mol. The number of hydrogen-bond donors (Lipinski definition) is 1. The number of nitrogen functional groups attached to an aromatic ring is 1. The van der Waals surface area contributed by atoms with Crippen molar-refractivity contribution in [1.82, 2.24) is 4.57 Å². The fraction of sp³-hybridized carbons (Fsp3) is 0.0667. The number of nitrogens with zero attached hydrogens (tertiary/aromatic N) is 1. The van der Waals surface area contributed by atoms with Gasteiger partial charge in [0.05, 0.1) is 5.52 Å². The van der Waals surface area contributed by atoms with E-state index >= 15 is 0 Å². The molecular formula is C15H13ClN2. The van der Waals surface area contributed by atoms with Crippen LogP contribution in [0, 0.1) is 0 Å². The van der Waals surface area contributed by atoms with Crippen molar-refractivity contribution in [2.24, 2.45) is 0 Å². The van der Waals surface area contributed by atoms with Gasteiger partial charge < -0.3 is 10.3 Å². The first-order chi connectivity index (χ1) is 8.74. The molecule has 0 saturated carbocycles. The monoisotopic (exact) mass is 256 g/mol. The van der Waals surface area contributed by atoms with Gasteiger partial charge in [-0.15, -0.1) is 0 Å². The summed E-state index contributed by atoms with van der Waals surface area (Å²) in [5.74, 6) is 0.783. The molecule has 0 radical (unpaired) electrons. The van der Waals surface area contributed by atoms with E-state index in [-0.39, 0.29) is 0 Å². The summed E-state index contributed by atoms with van der Waals surface area (Å²) < 4.78 is 2.11. The second kappa shape index (κ2) is 4.39. The Morgan fingerprint density at radius 1 is 1.00 bits per heavy atom. The maximum Gasteiger partial charge on any atom is 0.104 e. The molecule has 0 unspecified atom stereocenters. The van der Waals surface area contributed by atoms with Crippen molar-refractivity contribution >= 4 is 28.3 Å². The van der Waals surface area contributed by atoms with Crippen LogP contribution in [0.1, 0.15) is 5.56 Å². The topological polar surface area (TPSA) is 30.9 Å². The average Bonchev–Trinajstić information content (AvgIpc) is 2.69. The van der Waals surface area contributed by atoms with Gasteiger partial charge in [0.25, 0.3) is 0 Å². The van der Waals surface area contributed by atoms with Crippen LogP contribution >= 0.6 is 11.6 Å². The third-order valence-corrected chi connectivity index (χ3v) is 3.35. The summed E-state index contributed by atoms with van der Waals surface area (Å²) in [6, 6.07) is 18.1. The van der Waals surface area contributed by atoms with E-state index in [2.05, 4.69) is 16.7 Å². The van der Waals surface area contributed by atoms with Crippen LogP contribution < -0.4 is 5.73 Å². The van der Waals surface area contributed by atoms with Gasteiger partial charge in [-0.05, 0) is 29.8 Å². The first kappa shape index (κ1) is 11.2. The minimum atomic E-state index is 0.754. The highest BCUT2D eigenvalue weighted by molar-refractivity contribution is 6.30. The summed E-state index contributed by atoms with van der Waals surface area (Å²) in [5, 5.41) is 1.92. The summed E-state index contributed by atoms with van der Waals surface area (Å²) in [5.41, 5.74) is 8.41. The lowest BCUT2D eigenvalue weighted by Crippen LogP contribution is -2.03. The lowest BCUT2D eigenvalue weighted by Gasteiger charge is -2.08. The Labute approximate surface area is 111 Å². The minimum absolute atomic E-state index is 0.754. The Balaban J connectivity index is 2.04. The first-order valence-electron chi connectivity index (χ1n) is 5.82. The molecule has 2 nitrogen and oxygen atoms in total. The van der Waals surface area contributed by atoms with Crippen molar-refractivity contribution in [2.45, 2.75) is 6.54 Å². The molecule has 2 N–H and O–H groups in total. The molecule has 1 heterocycles. The molecule has 2 aromatic carbocycles. The zero-order valence-corrected chi connectivity index (χ0v) is 10.6. The van der Waals surface area contributed by atoms with Gasteiger partial charge in [0.1, 0.15) is 5.82 Å². The highest BCUT2D eigenvalue weighted by atomic mass is 35.5. The van der Waals surface area contributed by atoms with E-state index in [1.54, 1.807) is 0 Å². The summed E-state index contributed by atoms with van der Waals surface area (Å²) in [6.07, 6.45) is 0. The number of nitrogens with two attached hydrogens (primary N) is 1. The number of rotatable bonds is 2. The highest BCUT2D eigenvalue weighted by Crippen LogP contribution is 2.23. The molecule has 0 amide bonds. The van der Waals surface area contributed by atoms with Crippen LogP contribution in [0.25, 0.3) is 10.9 Å². The van der Waals surface area contributed by atoms with E-state index in [1.807, 2.05) is 42.5 Å². The molecule has 0 saturated heterocycles. The predicted octanol–water partition coefficient (Wildman–Crippen LogP) is 3.93. The van der Waals surface area contributed by atoms with Gasteiger partial charge in [0.15, 0.2) is 0 Å². The SMILES string of the molecule is Nc1cc2ccccc2n1Cc1ccc(Cl)cc1. The smallest absolute Gasteiger partial charge is 0.104 e. The number of hydrogen-bond acceptors (Lipinski definition) is 1. The van der Waals surface area contributed by atoms with Crippen LogP contribution in [0.2, 0.25) is 5.02 Å². The fourth-order valence-corrected chi connectivity index (χ4v) is 2.31. The van der Waals surface area contributed by atoms with E-state index in [0.717, 1.165) is 22.9 Å². The van der Waals surface area contributed by atoms with Gasteiger partial charge in [0, 0.05) is 17.0 Å². The molecule has 3 rings (SSSR count). The molecule has 0 aliphatic rings. The summed E-state index contributed by atoms with van der Waals surface area (Å²) >= 11 is 5.89. The van der Waals surface area contributed by atoms with Crippen LogP contribution in [-0.4, -0.2) is 4.57 Å². The molecular weight excluding hydrogens is 244 g/mol. The van der Waals surface area contributed by atoms with E-state index in [1.165, 1.54) is 10.9 Å².